The summed E-state index contributed by atoms with van der Waals surface area (Å²) in [5.74, 6) is 0.439. The minimum absolute atomic E-state index is 0.101. The van der Waals surface area contributed by atoms with E-state index >= 15 is 0 Å². The minimum Gasteiger partial charge on any atom is -0.476 e. The third-order valence-electron chi connectivity index (χ3n) is 4.35. The van der Waals surface area contributed by atoms with Gasteiger partial charge in [0.2, 0.25) is 0 Å². The highest BCUT2D eigenvalue weighted by Crippen LogP contribution is 2.39. The third kappa shape index (κ3) is 2.52. The summed E-state index contributed by atoms with van der Waals surface area (Å²) in [6, 6.07) is 3.78. The number of hydrogen-bond acceptors (Lipinski definition) is 5. The Kier molecular flexibility index (Phi) is 3.22. The van der Waals surface area contributed by atoms with Crippen LogP contribution in [0.1, 0.15) is 65.3 Å². The molecule has 0 bridgehead atoms. The molecule has 7 nitrogen and oxygen atoms in total. The quantitative estimate of drug-likeness (QED) is 0.878. The van der Waals surface area contributed by atoms with Crippen LogP contribution in [0.4, 0.5) is 0 Å². The number of carboxylic acid groups (broad SMARTS) is 1. The van der Waals surface area contributed by atoms with E-state index in [0.29, 0.717) is 12.5 Å². The van der Waals surface area contributed by atoms with Crippen LogP contribution in [0.2, 0.25) is 0 Å². The summed E-state index contributed by atoms with van der Waals surface area (Å²) in [5.41, 5.74) is 2.10. The predicted octanol–water partition coefficient (Wildman–Crippen LogP) is 2.07. The van der Waals surface area contributed by atoms with E-state index in [1.54, 1.807) is 10.7 Å². The molecule has 1 atom stereocenters. The van der Waals surface area contributed by atoms with Crippen LogP contribution in [0.15, 0.2) is 16.7 Å². The average Bonchev–Trinajstić information content (AvgIpc) is 3.09. The molecule has 2 aliphatic rings. The maximum atomic E-state index is 11.1. The molecule has 0 spiro atoms. The number of nitrogens with zero attached hydrogens (tertiary/aromatic N) is 3. The summed E-state index contributed by atoms with van der Waals surface area (Å²) in [7, 11) is 0. The van der Waals surface area contributed by atoms with Gasteiger partial charge in [-0.15, -0.1) is 0 Å². The van der Waals surface area contributed by atoms with Gasteiger partial charge in [-0.05, 0) is 31.7 Å². The first-order valence-electron chi connectivity index (χ1n) is 7.70. The first-order valence-corrected chi connectivity index (χ1v) is 7.70. The van der Waals surface area contributed by atoms with Gasteiger partial charge in [0.05, 0.1) is 17.9 Å². The Hall–Kier alpha value is -2.15. The van der Waals surface area contributed by atoms with E-state index in [1.165, 1.54) is 12.8 Å². The minimum atomic E-state index is -0.982. The zero-order valence-electron chi connectivity index (χ0n) is 12.2. The molecular formula is C15H18N4O3. The number of aromatic carboxylic acids is 1. The zero-order chi connectivity index (χ0) is 15.1. The van der Waals surface area contributed by atoms with Crippen LogP contribution in [0.5, 0.6) is 0 Å². The number of aromatic nitrogens is 3. The molecule has 0 saturated heterocycles. The lowest BCUT2D eigenvalue weighted by Crippen LogP contribution is -2.27. The number of fused-ring (bicyclic) bond motifs is 1. The molecule has 2 aromatic rings. The van der Waals surface area contributed by atoms with Crippen LogP contribution in [0, 0.1) is 0 Å². The second-order valence-corrected chi connectivity index (χ2v) is 6.05. The molecule has 3 heterocycles. The van der Waals surface area contributed by atoms with Crippen molar-refractivity contribution in [3.63, 3.8) is 0 Å². The largest absolute Gasteiger partial charge is 0.476 e. The smallest absolute Gasteiger partial charge is 0.356 e. The molecule has 1 fully saturated rings. The summed E-state index contributed by atoms with van der Waals surface area (Å²) in [6.07, 6.45) is 4.36. The number of hydrogen-bond donors (Lipinski definition) is 2. The van der Waals surface area contributed by atoms with Gasteiger partial charge in [0.25, 0.3) is 0 Å². The molecule has 1 unspecified atom stereocenters. The first-order chi connectivity index (χ1) is 10.7. The van der Waals surface area contributed by atoms with Crippen molar-refractivity contribution < 1.29 is 14.4 Å². The first kappa shape index (κ1) is 13.5. The highest BCUT2D eigenvalue weighted by molar-refractivity contribution is 5.85. The van der Waals surface area contributed by atoms with E-state index in [4.69, 9.17) is 9.63 Å². The number of aryl methyl sites for hydroxylation is 1. The molecule has 2 N–H and O–H groups in total. The van der Waals surface area contributed by atoms with Gasteiger partial charge in [-0.1, -0.05) is 5.16 Å². The van der Waals surface area contributed by atoms with E-state index in [9.17, 15) is 4.79 Å². The SMILES string of the molecule is O=C(O)c1cc2n(n1)CCCC2NCc1cc(C2CC2)no1. The fourth-order valence-electron chi connectivity index (χ4n) is 3.00. The molecule has 116 valence electrons. The maximum absolute atomic E-state index is 11.1. The molecule has 0 radical (unpaired) electrons. The van der Waals surface area contributed by atoms with Crippen molar-refractivity contribution in [1.29, 1.82) is 0 Å². The molecule has 1 saturated carbocycles. The van der Waals surface area contributed by atoms with Crippen LogP contribution >= 0.6 is 0 Å². The van der Waals surface area contributed by atoms with Crippen molar-refractivity contribution in [3.05, 3.63) is 35.0 Å². The molecule has 7 heteroatoms. The number of carboxylic acids is 1. The molecule has 22 heavy (non-hydrogen) atoms. The molecule has 0 aromatic carbocycles. The van der Waals surface area contributed by atoms with Gasteiger partial charge in [-0.2, -0.15) is 5.10 Å². The highest BCUT2D eigenvalue weighted by atomic mass is 16.5. The van der Waals surface area contributed by atoms with Crippen LogP contribution in [0.25, 0.3) is 0 Å². The Morgan fingerprint density at radius 3 is 3.05 bits per heavy atom. The predicted molar refractivity (Wildman–Crippen MR) is 76.5 cm³/mol. The standard InChI is InChI=1S/C15H18N4O3/c20-15(21)13-7-14-11(2-1-5-19(14)17-13)16-8-10-6-12(18-22-10)9-3-4-9/h6-7,9,11,16H,1-5,8H2,(H,20,21). The summed E-state index contributed by atoms with van der Waals surface area (Å²) in [6.45, 7) is 1.37. The Labute approximate surface area is 127 Å². The van der Waals surface area contributed by atoms with Crippen molar-refractivity contribution in [1.82, 2.24) is 20.3 Å². The lowest BCUT2D eigenvalue weighted by molar-refractivity contribution is 0.0689. The van der Waals surface area contributed by atoms with Gasteiger partial charge in [-0.3, -0.25) is 4.68 Å². The summed E-state index contributed by atoms with van der Waals surface area (Å²) >= 11 is 0. The van der Waals surface area contributed by atoms with Crippen LogP contribution < -0.4 is 5.32 Å². The normalized spacial score (nSPS) is 20.8. The van der Waals surface area contributed by atoms with Crippen LogP contribution in [-0.4, -0.2) is 26.0 Å². The second kappa shape index (κ2) is 5.24. The number of nitrogens with one attached hydrogen (secondary N) is 1. The van der Waals surface area contributed by atoms with E-state index in [-0.39, 0.29) is 11.7 Å². The van der Waals surface area contributed by atoms with E-state index in [1.807, 2.05) is 6.07 Å². The number of carbonyl (C=O) groups is 1. The van der Waals surface area contributed by atoms with Gasteiger partial charge in [0.1, 0.15) is 0 Å². The summed E-state index contributed by atoms with van der Waals surface area (Å²) < 4.78 is 7.15. The lowest BCUT2D eigenvalue weighted by Gasteiger charge is -2.24. The topological polar surface area (TPSA) is 93.2 Å². The van der Waals surface area contributed by atoms with Crippen molar-refractivity contribution in [2.45, 2.75) is 50.7 Å². The zero-order valence-corrected chi connectivity index (χ0v) is 12.2. The van der Waals surface area contributed by atoms with Crippen molar-refractivity contribution in [3.8, 4) is 0 Å². The highest BCUT2D eigenvalue weighted by Gasteiger charge is 2.28. The van der Waals surface area contributed by atoms with Crippen LogP contribution in [-0.2, 0) is 13.1 Å². The van der Waals surface area contributed by atoms with E-state index in [0.717, 1.165) is 36.5 Å². The van der Waals surface area contributed by atoms with Gasteiger partial charge < -0.3 is 14.9 Å². The third-order valence-corrected chi connectivity index (χ3v) is 4.35. The summed E-state index contributed by atoms with van der Waals surface area (Å²) in [5, 5.41) is 20.7. The van der Waals surface area contributed by atoms with Crippen molar-refractivity contribution in [2.75, 3.05) is 0 Å². The molecule has 1 aliphatic carbocycles. The fourth-order valence-corrected chi connectivity index (χ4v) is 3.00. The van der Waals surface area contributed by atoms with E-state index < -0.39 is 5.97 Å². The monoisotopic (exact) mass is 302 g/mol. The van der Waals surface area contributed by atoms with Gasteiger partial charge in [0, 0.05) is 24.6 Å². The van der Waals surface area contributed by atoms with Crippen molar-refractivity contribution >= 4 is 5.97 Å². The van der Waals surface area contributed by atoms with Gasteiger partial charge in [-0.25, -0.2) is 4.79 Å². The van der Waals surface area contributed by atoms with Crippen LogP contribution in [0.3, 0.4) is 0 Å². The van der Waals surface area contributed by atoms with E-state index in [2.05, 4.69) is 15.6 Å². The summed E-state index contributed by atoms with van der Waals surface area (Å²) in [4.78, 5) is 11.1. The molecule has 1 aliphatic heterocycles. The molecule has 0 amide bonds. The Morgan fingerprint density at radius 1 is 1.41 bits per heavy atom. The lowest BCUT2D eigenvalue weighted by atomic mass is 10.0. The Balaban J connectivity index is 1.45. The maximum Gasteiger partial charge on any atom is 0.356 e. The second-order valence-electron chi connectivity index (χ2n) is 6.05. The molecular weight excluding hydrogens is 284 g/mol. The number of rotatable bonds is 5. The average molecular weight is 302 g/mol. The fraction of sp³-hybridized carbons (Fsp3) is 0.533. The van der Waals surface area contributed by atoms with Gasteiger partial charge in [0.15, 0.2) is 11.5 Å². The molecule has 2 aromatic heterocycles. The van der Waals surface area contributed by atoms with Crippen molar-refractivity contribution in [2.24, 2.45) is 0 Å². The van der Waals surface area contributed by atoms with Gasteiger partial charge >= 0.3 is 5.97 Å². The molecule has 4 rings (SSSR count). The Bertz CT molecular complexity index is 701. The Morgan fingerprint density at radius 2 is 2.27 bits per heavy atom.